The molecule has 1 unspecified atom stereocenters. The van der Waals surface area contributed by atoms with Gasteiger partial charge in [0.2, 0.25) is 0 Å². The van der Waals surface area contributed by atoms with Crippen molar-refractivity contribution < 1.29 is 9.21 Å². The highest BCUT2D eigenvalue weighted by atomic mass is 79.9. The summed E-state index contributed by atoms with van der Waals surface area (Å²) in [7, 11) is 0. The van der Waals surface area contributed by atoms with Gasteiger partial charge in [-0.1, -0.05) is 77.9 Å². The summed E-state index contributed by atoms with van der Waals surface area (Å²) >= 11 is 3.32. The molecule has 1 atom stereocenters. The number of para-hydroxylation sites is 1. The molecule has 0 aliphatic carbocycles. The van der Waals surface area contributed by atoms with Crippen molar-refractivity contribution in [3.05, 3.63) is 130 Å². The van der Waals surface area contributed by atoms with E-state index in [-0.39, 0.29) is 17.7 Å². The minimum Gasteiger partial charge on any atom is -0.444 e. The van der Waals surface area contributed by atoms with Crippen LogP contribution in [0.5, 0.6) is 0 Å². The number of carbonyl (C=O) groups is 1. The average Bonchev–Trinajstić information content (AvgIpc) is 3.68. The molecule has 1 aliphatic heterocycles. The smallest absolute Gasteiger partial charge is 0.310 e. The highest BCUT2D eigenvalue weighted by Crippen LogP contribution is 2.39. The van der Waals surface area contributed by atoms with Gasteiger partial charge >= 0.3 is 5.91 Å². The topological polar surface area (TPSA) is 63.6 Å². The maximum absolute atomic E-state index is 13.7. The van der Waals surface area contributed by atoms with Gasteiger partial charge in [-0.15, -0.1) is 0 Å². The Labute approximate surface area is 229 Å². The lowest BCUT2D eigenvalue weighted by molar-refractivity contribution is 0.0677. The fourth-order valence-electron chi connectivity index (χ4n) is 4.68. The van der Waals surface area contributed by atoms with Gasteiger partial charge in [0, 0.05) is 23.7 Å². The summed E-state index contributed by atoms with van der Waals surface area (Å²) in [6, 6.07) is 29.5. The molecule has 5 aromatic rings. The van der Waals surface area contributed by atoms with Gasteiger partial charge in [0.05, 0.1) is 23.1 Å². The fourth-order valence-corrected chi connectivity index (χ4v) is 4.99. The monoisotopic (exact) mass is 564 g/mol. The van der Waals surface area contributed by atoms with Crippen LogP contribution in [0.15, 0.2) is 111 Å². The Hall–Kier alpha value is -4.23. The number of nitrogens with zero attached hydrogens (tertiary/aromatic N) is 4. The lowest BCUT2D eigenvalue weighted by Gasteiger charge is -2.21. The first-order valence-electron chi connectivity index (χ1n) is 12.4. The van der Waals surface area contributed by atoms with Crippen molar-refractivity contribution in [3.8, 4) is 16.9 Å². The van der Waals surface area contributed by atoms with Gasteiger partial charge < -0.3 is 4.42 Å². The quantitative estimate of drug-likeness (QED) is 0.222. The van der Waals surface area contributed by atoms with Crippen LogP contribution in [0.2, 0.25) is 0 Å². The number of rotatable bonds is 5. The standard InChI is InChI=1S/C31H25BrN4O2/c1-20-8-12-22(13-9-20)26-18-27(36(33-26)31(37)28-16-17-29(32)38-28)25-19-35(24-6-4-3-5-7-24)34-30(25)23-14-10-21(2)11-15-23/h3-17,19,27H,18H2,1-2H3. The summed E-state index contributed by atoms with van der Waals surface area (Å²) in [5.41, 5.74) is 7.84. The number of hydrogen-bond donors (Lipinski definition) is 0. The Kier molecular flexibility index (Phi) is 6.29. The van der Waals surface area contributed by atoms with E-state index in [1.165, 1.54) is 11.1 Å². The summed E-state index contributed by atoms with van der Waals surface area (Å²) in [5, 5.41) is 11.4. The maximum Gasteiger partial charge on any atom is 0.310 e. The highest BCUT2D eigenvalue weighted by molar-refractivity contribution is 9.10. The van der Waals surface area contributed by atoms with Crippen molar-refractivity contribution in [3.63, 3.8) is 0 Å². The second-order valence-electron chi connectivity index (χ2n) is 9.47. The summed E-state index contributed by atoms with van der Waals surface area (Å²) in [6.07, 6.45) is 2.57. The number of halogens is 1. The van der Waals surface area contributed by atoms with Gasteiger partial charge in [-0.05, 0) is 59.6 Å². The van der Waals surface area contributed by atoms with Crippen molar-refractivity contribution in [1.82, 2.24) is 14.8 Å². The molecule has 0 fully saturated rings. The van der Waals surface area contributed by atoms with Crippen molar-refractivity contribution in [1.29, 1.82) is 0 Å². The van der Waals surface area contributed by atoms with Crippen LogP contribution in [-0.4, -0.2) is 26.4 Å². The Bertz CT molecular complexity index is 1630. The van der Waals surface area contributed by atoms with Crippen LogP contribution in [-0.2, 0) is 0 Å². The third-order valence-electron chi connectivity index (χ3n) is 6.73. The third-order valence-corrected chi connectivity index (χ3v) is 7.16. The third kappa shape index (κ3) is 4.61. The van der Waals surface area contributed by atoms with E-state index in [1.54, 1.807) is 17.1 Å². The van der Waals surface area contributed by atoms with Gasteiger partial charge in [0.25, 0.3) is 0 Å². The molecule has 2 aromatic heterocycles. The van der Waals surface area contributed by atoms with E-state index in [0.717, 1.165) is 33.8 Å². The minimum atomic E-state index is -0.364. The summed E-state index contributed by atoms with van der Waals surface area (Å²) in [4.78, 5) is 13.7. The molecule has 0 N–H and O–H groups in total. The van der Waals surface area contributed by atoms with Gasteiger partial charge in [0.1, 0.15) is 0 Å². The van der Waals surface area contributed by atoms with Crippen molar-refractivity contribution in [2.75, 3.05) is 0 Å². The molecule has 1 aliphatic rings. The van der Waals surface area contributed by atoms with Crippen LogP contribution in [0.1, 0.15) is 45.3 Å². The minimum absolute atomic E-state index is 0.225. The van der Waals surface area contributed by atoms with Crippen molar-refractivity contribution in [2.45, 2.75) is 26.3 Å². The maximum atomic E-state index is 13.7. The predicted molar refractivity (Wildman–Crippen MR) is 151 cm³/mol. The largest absolute Gasteiger partial charge is 0.444 e. The van der Waals surface area contributed by atoms with Gasteiger partial charge in [-0.25, -0.2) is 9.69 Å². The van der Waals surface area contributed by atoms with Crippen LogP contribution in [0.4, 0.5) is 0 Å². The van der Waals surface area contributed by atoms with Crippen LogP contribution in [0.3, 0.4) is 0 Å². The lowest BCUT2D eigenvalue weighted by Crippen LogP contribution is -2.27. The number of aryl methyl sites for hydroxylation is 2. The van der Waals surface area contributed by atoms with E-state index >= 15 is 0 Å². The van der Waals surface area contributed by atoms with Gasteiger partial charge in [-0.3, -0.25) is 4.79 Å². The predicted octanol–water partition coefficient (Wildman–Crippen LogP) is 7.50. The Morgan fingerprint density at radius 2 is 1.53 bits per heavy atom. The summed E-state index contributed by atoms with van der Waals surface area (Å²) in [6.45, 7) is 4.12. The first-order valence-corrected chi connectivity index (χ1v) is 13.2. The zero-order valence-corrected chi connectivity index (χ0v) is 22.6. The van der Waals surface area contributed by atoms with E-state index in [1.807, 2.05) is 41.2 Å². The molecule has 6 rings (SSSR count). The second-order valence-corrected chi connectivity index (χ2v) is 10.2. The second kappa shape index (κ2) is 9.91. The molecule has 0 saturated heterocycles. The molecule has 38 heavy (non-hydrogen) atoms. The van der Waals surface area contributed by atoms with Crippen LogP contribution >= 0.6 is 15.9 Å². The number of carbonyl (C=O) groups excluding carboxylic acids is 1. The van der Waals surface area contributed by atoms with E-state index in [2.05, 4.69) is 78.3 Å². The number of aromatic nitrogens is 2. The first kappa shape index (κ1) is 24.1. The number of amides is 1. The average molecular weight is 565 g/mol. The van der Waals surface area contributed by atoms with Crippen LogP contribution in [0.25, 0.3) is 16.9 Å². The molecule has 0 radical (unpaired) electrons. The van der Waals surface area contributed by atoms with Crippen molar-refractivity contribution in [2.24, 2.45) is 5.10 Å². The number of benzene rings is 3. The fraction of sp³-hybridized carbons (Fsp3) is 0.129. The molecule has 3 aromatic carbocycles. The van der Waals surface area contributed by atoms with Crippen molar-refractivity contribution >= 4 is 27.5 Å². The number of hydrazone groups is 1. The molecular weight excluding hydrogens is 540 g/mol. The molecule has 7 heteroatoms. The molecule has 6 nitrogen and oxygen atoms in total. The lowest BCUT2D eigenvalue weighted by atomic mass is 9.96. The molecule has 1 amide bonds. The van der Waals surface area contributed by atoms with E-state index in [9.17, 15) is 4.79 Å². The van der Waals surface area contributed by atoms with Crippen LogP contribution < -0.4 is 0 Å². The Morgan fingerprint density at radius 1 is 0.868 bits per heavy atom. The molecule has 0 spiro atoms. The summed E-state index contributed by atoms with van der Waals surface area (Å²) in [5.74, 6) is -0.0757. The molecule has 0 saturated carbocycles. The van der Waals surface area contributed by atoms with Gasteiger partial charge in [-0.2, -0.15) is 10.2 Å². The number of furan rings is 1. The van der Waals surface area contributed by atoms with E-state index in [0.29, 0.717) is 11.1 Å². The molecule has 3 heterocycles. The Balaban J connectivity index is 1.49. The van der Waals surface area contributed by atoms with Gasteiger partial charge in [0.15, 0.2) is 10.4 Å². The summed E-state index contributed by atoms with van der Waals surface area (Å²) < 4.78 is 8.01. The molecule has 0 bridgehead atoms. The zero-order valence-electron chi connectivity index (χ0n) is 21.0. The first-order chi connectivity index (χ1) is 18.5. The molecule has 188 valence electrons. The zero-order chi connectivity index (χ0) is 26.2. The SMILES string of the molecule is Cc1ccc(C2=NN(C(=O)c3ccc(Br)o3)C(c3cn(-c4ccccc4)nc3-c3ccc(C)cc3)C2)cc1. The highest BCUT2D eigenvalue weighted by Gasteiger charge is 2.37. The van der Waals surface area contributed by atoms with Crippen LogP contribution in [0, 0.1) is 13.8 Å². The Morgan fingerprint density at radius 3 is 2.16 bits per heavy atom. The van der Waals surface area contributed by atoms with E-state index in [4.69, 9.17) is 14.6 Å². The molecular formula is C31H25BrN4O2. The van der Waals surface area contributed by atoms with E-state index < -0.39 is 0 Å². The number of hydrogen-bond acceptors (Lipinski definition) is 4. The normalized spacial score (nSPS) is 15.1.